The molecule has 0 amide bonds. The van der Waals surface area contributed by atoms with E-state index >= 15 is 0 Å². The topological polar surface area (TPSA) is 44.5 Å². The Morgan fingerprint density at radius 2 is 1.59 bits per heavy atom. The number of benzene rings is 2. The van der Waals surface area contributed by atoms with E-state index in [0.29, 0.717) is 10.9 Å². The molecule has 2 heterocycles. The number of rotatable bonds is 4. The first kappa shape index (κ1) is 17.9. The number of hydrogen-bond donors (Lipinski definition) is 1. The highest BCUT2D eigenvalue weighted by Gasteiger charge is 2.21. The summed E-state index contributed by atoms with van der Waals surface area (Å²) in [4.78, 5) is 4.76. The van der Waals surface area contributed by atoms with Crippen molar-refractivity contribution in [3.63, 3.8) is 0 Å². The van der Waals surface area contributed by atoms with Gasteiger partial charge in [-0.25, -0.2) is 4.68 Å². The van der Waals surface area contributed by atoms with E-state index in [4.69, 9.17) is 11.6 Å². The molecule has 0 spiro atoms. The Kier molecular flexibility index (Phi) is 5.05. The summed E-state index contributed by atoms with van der Waals surface area (Å²) in [7, 11) is 0. The zero-order valence-electron chi connectivity index (χ0n) is 15.3. The van der Waals surface area contributed by atoms with Gasteiger partial charge in [-0.15, -0.1) is 0 Å². The molecular formula is C21H23ClN4O. The van der Waals surface area contributed by atoms with E-state index in [1.807, 2.05) is 54.1 Å². The minimum absolute atomic E-state index is 0.304. The van der Waals surface area contributed by atoms with Gasteiger partial charge in [-0.3, -0.25) is 4.90 Å². The number of aryl methyl sites for hydroxylation is 1. The lowest BCUT2D eigenvalue weighted by molar-refractivity contribution is 0.249. The van der Waals surface area contributed by atoms with Crippen molar-refractivity contribution in [2.45, 2.75) is 13.5 Å². The van der Waals surface area contributed by atoms with Crippen LogP contribution in [-0.4, -0.2) is 46.0 Å². The fourth-order valence-electron chi connectivity index (χ4n) is 3.50. The molecule has 140 valence electrons. The van der Waals surface area contributed by atoms with Crippen LogP contribution in [0.2, 0.25) is 5.15 Å². The lowest BCUT2D eigenvalue weighted by Gasteiger charge is -2.36. The highest BCUT2D eigenvalue weighted by Crippen LogP contribution is 2.26. The highest BCUT2D eigenvalue weighted by atomic mass is 35.5. The highest BCUT2D eigenvalue weighted by molar-refractivity contribution is 6.30. The summed E-state index contributed by atoms with van der Waals surface area (Å²) in [5.41, 5.74) is 4.20. The Hall–Kier alpha value is -2.50. The smallest absolute Gasteiger partial charge is 0.137 e. The van der Waals surface area contributed by atoms with Crippen LogP contribution in [0.25, 0.3) is 5.69 Å². The average Bonchev–Trinajstić information content (AvgIpc) is 2.98. The van der Waals surface area contributed by atoms with Gasteiger partial charge in [0.05, 0.1) is 11.4 Å². The van der Waals surface area contributed by atoms with Gasteiger partial charge >= 0.3 is 0 Å². The number of nitrogens with zero attached hydrogens (tertiary/aromatic N) is 4. The van der Waals surface area contributed by atoms with Gasteiger partial charge in [-0.2, -0.15) is 5.10 Å². The van der Waals surface area contributed by atoms with Gasteiger partial charge in [0.2, 0.25) is 0 Å². The number of para-hydroxylation sites is 1. The number of hydrogen-bond acceptors (Lipinski definition) is 4. The standard InChI is InChI=1S/C21H23ClN4O/c1-16-20(21(22)26(23-16)18-5-3-2-4-6-18)15-24-11-13-25(14-12-24)17-7-9-19(27)10-8-17/h2-10,27H,11-15H2,1H3. The van der Waals surface area contributed by atoms with Crippen LogP contribution in [0.5, 0.6) is 5.75 Å². The third-order valence-electron chi connectivity index (χ3n) is 5.09. The molecule has 0 aliphatic carbocycles. The predicted octanol–water partition coefficient (Wildman–Crippen LogP) is 3.86. The van der Waals surface area contributed by atoms with E-state index in [1.54, 1.807) is 12.1 Å². The minimum atomic E-state index is 0.304. The number of aromatic hydroxyl groups is 1. The summed E-state index contributed by atoms with van der Waals surface area (Å²) < 4.78 is 1.82. The fraction of sp³-hybridized carbons (Fsp3) is 0.286. The zero-order valence-corrected chi connectivity index (χ0v) is 16.1. The number of aromatic nitrogens is 2. The molecule has 1 aliphatic rings. The molecule has 27 heavy (non-hydrogen) atoms. The van der Waals surface area contributed by atoms with Gasteiger partial charge in [0.15, 0.2) is 0 Å². The second kappa shape index (κ2) is 7.62. The van der Waals surface area contributed by atoms with Crippen LogP contribution in [0.15, 0.2) is 54.6 Å². The number of anilines is 1. The maximum absolute atomic E-state index is 9.45. The van der Waals surface area contributed by atoms with Crippen molar-refractivity contribution in [3.8, 4) is 11.4 Å². The molecular weight excluding hydrogens is 360 g/mol. The van der Waals surface area contributed by atoms with Gasteiger partial charge in [-0.05, 0) is 43.3 Å². The largest absolute Gasteiger partial charge is 0.508 e. The number of halogens is 1. The molecule has 6 heteroatoms. The molecule has 4 rings (SSSR count). The molecule has 1 aromatic heterocycles. The van der Waals surface area contributed by atoms with Gasteiger partial charge in [-0.1, -0.05) is 29.8 Å². The van der Waals surface area contributed by atoms with Crippen LogP contribution >= 0.6 is 11.6 Å². The van der Waals surface area contributed by atoms with Crippen molar-refractivity contribution in [2.24, 2.45) is 0 Å². The third-order valence-corrected chi connectivity index (χ3v) is 5.48. The molecule has 0 unspecified atom stereocenters. The van der Waals surface area contributed by atoms with Gasteiger partial charge < -0.3 is 10.0 Å². The van der Waals surface area contributed by atoms with E-state index in [-0.39, 0.29) is 0 Å². The molecule has 0 atom stereocenters. The van der Waals surface area contributed by atoms with Gasteiger partial charge in [0, 0.05) is 44.0 Å². The number of piperazine rings is 1. The van der Waals surface area contributed by atoms with Crippen LogP contribution in [0.1, 0.15) is 11.3 Å². The first-order valence-corrected chi connectivity index (χ1v) is 9.55. The summed E-state index contributed by atoms with van der Waals surface area (Å²) in [6.45, 7) is 6.66. The summed E-state index contributed by atoms with van der Waals surface area (Å²) in [6, 6.07) is 17.4. The minimum Gasteiger partial charge on any atom is -0.508 e. The predicted molar refractivity (Wildman–Crippen MR) is 109 cm³/mol. The Balaban J connectivity index is 1.43. The molecule has 1 aliphatic heterocycles. The summed E-state index contributed by atoms with van der Waals surface area (Å²) in [6.07, 6.45) is 0. The van der Waals surface area contributed by atoms with Crippen LogP contribution in [0, 0.1) is 6.92 Å². The van der Waals surface area contributed by atoms with Gasteiger partial charge in [0.25, 0.3) is 0 Å². The van der Waals surface area contributed by atoms with Crippen molar-refractivity contribution in [3.05, 3.63) is 71.0 Å². The van der Waals surface area contributed by atoms with E-state index in [9.17, 15) is 5.11 Å². The summed E-state index contributed by atoms with van der Waals surface area (Å²) in [5.74, 6) is 0.304. The zero-order chi connectivity index (χ0) is 18.8. The second-order valence-electron chi connectivity index (χ2n) is 6.88. The van der Waals surface area contributed by atoms with Crippen molar-refractivity contribution in [2.75, 3.05) is 31.1 Å². The number of phenolic OH excluding ortho intramolecular Hbond substituents is 1. The van der Waals surface area contributed by atoms with Crippen LogP contribution < -0.4 is 4.90 Å². The lowest BCUT2D eigenvalue weighted by atomic mass is 10.2. The first-order chi connectivity index (χ1) is 13.1. The fourth-order valence-corrected chi connectivity index (χ4v) is 3.83. The molecule has 5 nitrogen and oxygen atoms in total. The quantitative estimate of drug-likeness (QED) is 0.744. The maximum Gasteiger partial charge on any atom is 0.137 e. The Morgan fingerprint density at radius 3 is 2.26 bits per heavy atom. The molecule has 0 radical (unpaired) electrons. The normalized spacial score (nSPS) is 15.3. The SMILES string of the molecule is Cc1nn(-c2ccccc2)c(Cl)c1CN1CCN(c2ccc(O)cc2)CC1. The van der Waals surface area contributed by atoms with E-state index in [1.165, 1.54) is 0 Å². The first-order valence-electron chi connectivity index (χ1n) is 9.17. The Bertz CT molecular complexity index is 900. The Morgan fingerprint density at radius 1 is 0.926 bits per heavy atom. The maximum atomic E-state index is 9.45. The van der Waals surface area contributed by atoms with Crippen molar-refractivity contribution < 1.29 is 5.11 Å². The van der Waals surface area contributed by atoms with Crippen molar-refractivity contribution in [1.29, 1.82) is 0 Å². The molecule has 3 aromatic rings. The van der Waals surface area contributed by atoms with Gasteiger partial charge in [0.1, 0.15) is 10.9 Å². The van der Waals surface area contributed by atoms with Crippen molar-refractivity contribution in [1.82, 2.24) is 14.7 Å². The molecule has 0 saturated carbocycles. The average molecular weight is 383 g/mol. The van der Waals surface area contributed by atoms with E-state index in [0.717, 1.165) is 55.4 Å². The molecule has 1 fully saturated rings. The summed E-state index contributed by atoms with van der Waals surface area (Å²) >= 11 is 6.66. The molecule has 1 N–H and O–H groups in total. The number of phenols is 1. The van der Waals surface area contributed by atoms with Crippen molar-refractivity contribution >= 4 is 17.3 Å². The Labute approximate surface area is 164 Å². The molecule has 2 aromatic carbocycles. The lowest BCUT2D eigenvalue weighted by Crippen LogP contribution is -2.46. The third kappa shape index (κ3) is 3.80. The van der Waals surface area contributed by atoms with Crippen LogP contribution in [0.3, 0.4) is 0 Å². The van der Waals surface area contributed by atoms with Crippen LogP contribution in [0.4, 0.5) is 5.69 Å². The monoisotopic (exact) mass is 382 g/mol. The van der Waals surface area contributed by atoms with Crippen LogP contribution in [-0.2, 0) is 6.54 Å². The van der Waals surface area contributed by atoms with E-state index < -0.39 is 0 Å². The molecule has 0 bridgehead atoms. The summed E-state index contributed by atoms with van der Waals surface area (Å²) in [5, 5.41) is 14.8. The van der Waals surface area contributed by atoms with E-state index in [2.05, 4.69) is 14.9 Å². The molecule has 1 saturated heterocycles. The second-order valence-corrected chi connectivity index (χ2v) is 7.24.